The maximum absolute atomic E-state index is 13.5. The van der Waals surface area contributed by atoms with Crippen LogP contribution in [0.5, 0.6) is 0 Å². The molecular formula is C28H29FN4O3S. The molecule has 0 bridgehead atoms. The molecule has 0 radical (unpaired) electrons. The molecule has 4 aromatic rings. The highest BCUT2D eigenvalue weighted by atomic mass is 32.2. The molecule has 1 amide bonds. The fourth-order valence-corrected chi connectivity index (χ4v) is 5.02. The van der Waals surface area contributed by atoms with Gasteiger partial charge in [-0.1, -0.05) is 38.1 Å². The van der Waals surface area contributed by atoms with E-state index >= 15 is 0 Å². The Morgan fingerprint density at radius 2 is 1.68 bits per heavy atom. The van der Waals surface area contributed by atoms with Gasteiger partial charge in [0, 0.05) is 30.5 Å². The summed E-state index contributed by atoms with van der Waals surface area (Å²) in [7, 11) is -1.35. The molecular weight excluding hydrogens is 491 g/mol. The molecule has 2 heterocycles. The third kappa shape index (κ3) is 6.37. The van der Waals surface area contributed by atoms with E-state index < -0.39 is 11.0 Å². The van der Waals surface area contributed by atoms with Crippen molar-refractivity contribution in [2.75, 3.05) is 31.6 Å². The van der Waals surface area contributed by atoms with Crippen molar-refractivity contribution in [1.82, 2.24) is 14.1 Å². The van der Waals surface area contributed by atoms with E-state index in [9.17, 15) is 13.4 Å². The van der Waals surface area contributed by atoms with E-state index in [2.05, 4.69) is 10.4 Å². The Morgan fingerprint density at radius 3 is 2.38 bits per heavy atom. The first kappa shape index (κ1) is 26.4. The molecule has 0 spiro atoms. The van der Waals surface area contributed by atoms with E-state index in [0.717, 1.165) is 5.69 Å². The number of para-hydroxylation sites is 1. The van der Waals surface area contributed by atoms with Gasteiger partial charge in [-0.3, -0.25) is 4.79 Å². The summed E-state index contributed by atoms with van der Waals surface area (Å²) in [6.45, 7) is 6.26. The van der Waals surface area contributed by atoms with Gasteiger partial charge in [-0.05, 0) is 54.6 Å². The molecule has 7 nitrogen and oxygen atoms in total. The fourth-order valence-electron chi connectivity index (χ4n) is 3.82. The molecule has 1 atom stereocenters. The van der Waals surface area contributed by atoms with Crippen LogP contribution in [0.4, 0.5) is 10.1 Å². The maximum atomic E-state index is 13.5. The smallest absolute Gasteiger partial charge is 0.259 e. The van der Waals surface area contributed by atoms with Gasteiger partial charge in [0.15, 0.2) is 0 Å². The summed E-state index contributed by atoms with van der Waals surface area (Å²) < 4.78 is 35.3. The molecule has 1 aliphatic rings. The van der Waals surface area contributed by atoms with Crippen LogP contribution < -0.4 is 5.32 Å². The van der Waals surface area contributed by atoms with Crippen LogP contribution in [0, 0.1) is 5.82 Å². The third-order valence-corrected chi connectivity index (χ3v) is 7.09. The van der Waals surface area contributed by atoms with E-state index in [1.165, 1.54) is 12.1 Å². The Bertz CT molecular complexity index is 1350. The topological polar surface area (TPSA) is 76.5 Å². The average Bonchev–Trinajstić information content (AvgIpc) is 3.41. The number of aromatic nitrogens is 2. The van der Waals surface area contributed by atoms with Gasteiger partial charge in [0.2, 0.25) is 0 Å². The van der Waals surface area contributed by atoms with Crippen LogP contribution in [0.2, 0.25) is 0 Å². The maximum Gasteiger partial charge on any atom is 0.259 e. The Morgan fingerprint density at radius 1 is 0.973 bits per heavy atom. The molecule has 1 aromatic heterocycles. The Kier molecular flexibility index (Phi) is 8.95. The monoisotopic (exact) mass is 520 g/mol. The lowest BCUT2D eigenvalue weighted by Crippen LogP contribution is -2.37. The molecule has 37 heavy (non-hydrogen) atoms. The highest BCUT2D eigenvalue weighted by Crippen LogP contribution is 2.26. The van der Waals surface area contributed by atoms with Crippen molar-refractivity contribution in [2.45, 2.75) is 18.7 Å². The van der Waals surface area contributed by atoms with Crippen molar-refractivity contribution in [1.29, 1.82) is 0 Å². The van der Waals surface area contributed by atoms with Crippen LogP contribution in [-0.4, -0.2) is 50.5 Å². The minimum Gasteiger partial charge on any atom is -0.379 e. The molecule has 0 aliphatic carbocycles. The van der Waals surface area contributed by atoms with E-state index in [1.54, 1.807) is 47.3 Å². The molecule has 1 saturated heterocycles. The molecule has 5 rings (SSSR count). The van der Waals surface area contributed by atoms with Gasteiger partial charge in [0.1, 0.15) is 22.5 Å². The lowest BCUT2D eigenvalue weighted by atomic mass is 10.1. The van der Waals surface area contributed by atoms with Gasteiger partial charge in [0.25, 0.3) is 5.91 Å². The standard InChI is InChI=1S/C26H23FN4O3S.C2H6/c27-20-11-9-19(10-12-20)25-24(18-31(29-25)22-6-2-1-3-7-22)26(32)28-21-5-4-8-23(17-21)35(33)30-13-15-34-16-14-30;1-2/h1-12,17-18H,13-16H2,(H,28,32);1-2H3. The lowest BCUT2D eigenvalue weighted by Gasteiger charge is -2.25. The van der Waals surface area contributed by atoms with Gasteiger partial charge in [0.05, 0.1) is 29.4 Å². The number of anilines is 1. The minimum absolute atomic E-state index is 0.333. The molecule has 1 fully saturated rings. The second kappa shape index (κ2) is 12.5. The van der Waals surface area contributed by atoms with E-state index in [0.29, 0.717) is 53.7 Å². The molecule has 0 saturated carbocycles. The molecule has 192 valence electrons. The number of ether oxygens (including phenoxy) is 1. The van der Waals surface area contributed by atoms with Gasteiger partial charge in [-0.2, -0.15) is 5.10 Å². The van der Waals surface area contributed by atoms with Gasteiger partial charge >= 0.3 is 0 Å². The van der Waals surface area contributed by atoms with Crippen molar-refractivity contribution < 1.29 is 18.1 Å². The first-order valence-corrected chi connectivity index (χ1v) is 13.3. The highest BCUT2D eigenvalue weighted by molar-refractivity contribution is 7.82. The number of rotatable bonds is 6. The van der Waals surface area contributed by atoms with Crippen LogP contribution in [0.15, 0.2) is 90.0 Å². The molecule has 1 N–H and O–H groups in total. The number of halogens is 1. The lowest BCUT2D eigenvalue weighted by molar-refractivity contribution is 0.0752. The normalized spacial score (nSPS) is 14.4. The number of nitrogens with zero attached hydrogens (tertiary/aromatic N) is 3. The Balaban J connectivity index is 0.00000156. The summed E-state index contributed by atoms with van der Waals surface area (Å²) in [6, 6.07) is 22.3. The van der Waals surface area contributed by atoms with Crippen molar-refractivity contribution in [3.63, 3.8) is 0 Å². The zero-order valence-corrected chi connectivity index (χ0v) is 21.6. The number of carbonyl (C=O) groups excluding carboxylic acids is 1. The first-order valence-electron chi connectivity index (χ1n) is 12.2. The Labute approximate surface area is 218 Å². The molecule has 1 unspecified atom stereocenters. The average molecular weight is 521 g/mol. The van der Waals surface area contributed by atoms with Crippen LogP contribution in [-0.2, 0) is 15.7 Å². The number of hydrogen-bond acceptors (Lipinski definition) is 4. The quantitative estimate of drug-likeness (QED) is 0.374. The number of amides is 1. The Hall–Kier alpha value is -3.66. The summed E-state index contributed by atoms with van der Waals surface area (Å²) in [5.41, 5.74) is 2.69. The summed E-state index contributed by atoms with van der Waals surface area (Å²) in [4.78, 5) is 14.0. The first-order chi connectivity index (χ1) is 18.1. The van der Waals surface area contributed by atoms with E-state index in [4.69, 9.17) is 4.74 Å². The largest absolute Gasteiger partial charge is 0.379 e. The van der Waals surface area contributed by atoms with Crippen molar-refractivity contribution >= 4 is 22.6 Å². The summed E-state index contributed by atoms with van der Waals surface area (Å²) >= 11 is 0. The zero-order chi connectivity index (χ0) is 26.2. The number of carbonyl (C=O) groups is 1. The summed E-state index contributed by atoms with van der Waals surface area (Å²) in [5, 5.41) is 7.52. The van der Waals surface area contributed by atoms with Gasteiger partial charge in [-0.25, -0.2) is 17.6 Å². The van der Waals surface area contributed by atoms with Crippen molar-refractivity contribution in [3.05, 3.63) is 96.4 Å². The predicted molar refractivity (Wildman–Crippen MR) is 144 cm³/mol. The third-order valence-electron chi connectivity index (χ3n) is 5.60. The van der Waals surface area contributed by atoms with E-state index in [1.807, 2.05) is 48.5 Å². The van der Waals surface area contributed by atoms with Crippen LogP contribution >= 0.6 is 0 Å². The second-order valence-electron chi connectivity index (χ2n) is 7.95. The fraction of sp³-hybridized carbons (Fsp3) is 0.214. The van der Waals surface area contributed by atoms with Gasteiger partial charge < -0.3 is 10.1 Å². The zero-order valence-electron chi connectivity index (χ0n) is 20.8. The highest BCUT2D eigenvalue weighted by Gasteiger charge is 2.21. The second-order valence-corrected chi connectivity index (χ2v) is 9.44. The van der Waals surface area contributed by atoms with Crippen LogP contribution in [0.1, 0.15) is 24.2 Å². The molecule has 1 aliphatic heterocycles. The summed E-state index contributed by atoms with van der Waals surface area (Å²) in [6.07, 6.45) is 1.65. The van der Waals surface area contributed by atoms with Crippen LogP contribution in [0.25, 0.3) is 16.9 Å². The number of benzene rings is 3. The SMILES string of the molecule is CC.O=C(Nc1cccc(S(=O)N2CCOCC2)c1)c1cn(-c2ccccc2)nc1-c1ccc(F)cc1. The molecule has 3 aromatic carbocycles. The number of nitrogens with one attached hydrogen (secondary N) is 1. The summed E-state index contributed by atoms with van der Waals surface area (Å²) in [5.74, 6) is -0.742. The predicted octanol–water partition coefficient (Wildman–Crippen LogP) is 5.31. The molecule has 9 heteroatoms. The van der Waals surface area contributed by atoms with Crippen LogP contribution in [0.3, 0.4) is 0 Å². The minimum atomic E-state index is -1.35. The van der Waals surface area contributed by atoms with Crippen molar-refractivity contribution in [2.24, 2.45) is 0 Å². The van der Waals surface area contributed by atoms with E-state index in [-0.39, 0.29) is 11.7 Å². The van der Waals surface area contributed by atoms with Crippen molar-refractivity contribution in [3.8, 4) is 16.9 Å². The van der Waals surface area contributed by atoms with Gasteiger partial charge in [-0.15, -0.1) is 0 Å². The number of hydrogen-bond donors (Lipinski definition) is 1. The number of morpholine rings is 1.